The van der Waals surface area contributed by atoms with E-state index in [0.29, 0.717) is 18.1 Å². The summed E-state index contributed by atoms with van der Waals surface area (Å²) in [6, 6.07) is 11.2. The summed E-state index contributed by atoms with van der Waals surface area (Å²) in [5.74, 6) is -0.154. The summed E-state index contributed by atoms with van der Waals surface area (Å²) >= 11 is 0. The van der Waals surface area contributed by atoms with Gasteiger partial charge >= 0.3 is 11.9 Å². The van der Waals surface area contributed by atoms with E-state index in [2.05, 4.69) is 4.98 Å². The van der Waals surface area contributed by atoms with Crippen LogP contribution < -0.4 is 9.47 Å². The molecule has 2 aromatic rings. The van der Waals surface area contributed by atoms with E-state index in [0.717, 1.165) is 6.42 Å². The number of aromatic nitrogens is 1. The van der Waals surface area contributed by atoms with E-state index in [4.69, 9.17) is 14.2 Å². The number of carbonyl (C=O) groups excluding carboxylic acids is 2. The predicted molar refractivity (Wildman–Crippen MR) is 87.4 cm³/mol. The number of pyridine rings is 1. The van der Waals surface area contributed by atoms with Gasteiger partial charge in [0.25, 0.3) is 0 Å². The molecule has 0 amide bonds. The number of rotatable bonds is 7. The molecule has 24 heavy (non-hydrogen) atoms. The second kappa shape index (κ2) is 8.67. The quantitative estimate of drug-likeness (QED) is 0.573. The number of hydrogen-bond donors (Lipinski definition) is 0. The van der Waals surface area contributed by atoms with Crippen LogP contribution in [0.15, 0.2) is 42.5 Å². The van der Waals surface area contributed by atoms with Gasteiger partial charge in [-0.1, -0.05) is 13.0 Å². The molecule has 1 heterocycles. The van der Waals surface area contributed by atoms with Gasteiger partial charge in [0.05, 0.1) is 13.2 Å². The third kappa shape index (κ3) is 4.81. The summed E-state index contributed by atoms with van der Waals surface area (Å²) < 4.78 is 15.6. The summed E-state index contributed by atoms with van der Waals surface area (Å²) in [5, 5.41) is 0. The maximum Gasteiger partial charge on any atom is 0.362 e. The first kappa shape index (κ1) is 17.5. The van der Waals surface area contributed by atoms with E-state index in [1.54, 1.807) is 37.3 Å². The molecular weight excluding hydrogens is 310 g/mol. The molecule has 0 unspecified atom stereocenters. The topological polar surface area (TPSA) is 74.7 Å². The lowest BCUT2D eigenvalue weighted by atomic mass is 10.3. The Morgan fingerprint density at radius 3 is 2.17 bits per heavy atom. The Hall–Kier alpha value is -2.89. The van der Waals surface area contributed by atoms with E-state index >= 15 is 0 Å². The second-order valence-electron chi connectivity index (χ2n) is 4.84. The molecule has 0 fully saturated rings. The second-order valence-corrected chi connectivity index (χ2v) is 4.84. The number of hydrogen-bond acceptors (Lipinski definition) is 6. The molecule has 6 heteroatoms. The van der Waals surface area contributed by atoms with Gasteiger partial charge in [-0.05, 0) is 49.7 Å². The van der Waals surface area contributed by atoms with Gasteiger partial charge in [0, 0.05) is 0 Å². The number of ether oxygens (including phenoxy) is 3. The third-order valence-corrected chi connectivity index (χ3v) is 2.95. The highest BCUT2D eigenvalue weighted by molar-refractivity contribution is 5.92. The van der Waals surface area contributed by atoms with Gasteiger partial charge in [0.1, 0.15) is 22.9 Å². The maximum atomic E-state index is 12.1. The lowest BCUT2D eigenvalue weighted by Crippen LogP contribution is -2.14. The fourth-order valence-electron chi connectivity index (χ4n) is 1.85. The zero-order valence-electron chi connectivity index (χ0n) is 13.7. The van der Waals surface area contributed by atoms with Gasteiger partial charge in [0.15, 0.2) is 0 Å². The zero-order chi connectivity index (χ0) is 17.4. The highest BCUT2D eigenvalue weighted by Crippen LogP contribution is 2.18. The van der Waals surface area contributed by atoms with Crippen molar-refractivity contribution < 1.29 is 23.8 Å². The molecule has 0 aliphatic rings. The van der Waals surface area contributed by atoms with Crippen molar-refractivity contribution in [3.05, 3.63) is 53.9 Å². The van der Waals surface area contributed by atoms with Crippen molar-refractivity contribution in [3.63, 3.8) is 0 Å². The number of benzene rings is 1. The monoisotopic (exact) mass is 329 g/mol. The first-order chi connectivity index (χ1) is 11.6. The molecule has 0 atom stereocenters. The minimum absolute atomic E-state index is 0.0341. The van der Waals surface area contributed by atoms with Gasteiger partial charge in [-0.15, -0.1) is 0 Å². The molecule has 0 radical (unpaired) electrons. The highest BCUT2D eigenvalue weighted by Gasteiger charge is 2.14. The van der Waals surface area contributed by atoms with Crippen molar-refractivity contribution in [2.24, 2.45) is 0 Å². The van der Waals surface area contributed by atoms with Crippen molar-refractivity contribution in [1.82, 2.24) is 4.98 Å². The fourth-order valence-corrected chi connectivity index (χ4v) is 1.85. The fraction of sp³-hybridized carbons (Fsp3) is 0.278. The summed E-state index contributed by atoms with van der Waals surface area (Å²) in [6.07, 6.45) is 0.916. The third-order valence-electron chi connectivity index (χ3n) is 2.95. The van der Waals surface area contributed by atoms with E-state index in [1.165, 1.54) is 12.1 Å². The zero-order valence-corrected chi connectivity index (χ0v) is 13.7. The van der Waals surface area contributed by atoms with Gasteiger partial charge in [-0.25, -0.2) is 14.6 Å². The molecule has 6 nitrogen and oxygen atoms in total. The van der Waals surface area contributed by atoms with Crippen LogP contribution in [0.2, 0.25) is 0 Å². The first-order valence-electron chi connectivity index (χ1n) is 7.73. The molecular formula is C18H19NO5. The smallest absolute Gasteiger partial charge is 0.362 e. The normalized spacial score (nSPS) is 10.1. The SMILES string of the molecule is CCCOc1ccc(OC(=O)c2cccc(C(=O)OCC)n2)cc1. The van der Waals surface area contributed by atoms with Crippen LogP contribution in [0.25, 0.3) is 0 Å². The Morgan fingerprint density at radius 2 is 1.54 bits per heavy atom. The van der Waals surface area contributed by atoms with Crippen molar-refractivity contribution in [1.29, 1.82) is 0 Å². The number of carbonyl (C=O) groups is 2. The van der Waals surface area contributed by atoms with Crippen molar-refractivity contribution in [3.8, 4) is 11.5 Å². The molecule has 0 aliphatic carbocycles. The van der Waals surface area contributed by atoms with Crippen molar-refractivity contribution in [2.75, 3.05) is 13.2 Å². The number of nitrogens with zero attached hydrogens (tertiary/aromatic N) is 1. The van der Waals surface area contributed by atoms with Crippen LogP contribution in [0.5, 0.6) is 11.5 Å². The molecule has 0 N–H and O–H groups in total. The van der Waals surface area contributed by atoms with E-state index in [9.17, 15) is 9.59 Å². The molecule has 1 aromatic carbocycles. The molecule has 126 valence electrons. The summed E-state index contributed by atoms with van der Waals surface area (Å²) in [4.78, 5) is 27.8. The average Bonchev–Trinajstić information content (AvgIpc) is 2.61. The van der Waals surface area contributed by atoms with Crippen LogP contribution in [-0.2, 0) is 4.74 Å². The summed E-state index contributed by atoms with van der Waals surface area (Å²) in [5.41, 5.74) is 0.0986. The van der Waals surface area contributed by atoms with Crippen molar-refractivity contribution in [2.45, 2.75) is 20.3 Å². The molecule has 1 aromatic heterocycles. The Morgan fingerprint density at radius 1 is 0.917 bits per heavy atom. The van der Waals surface area contributed by atoms with Gasteiger partial charge < -0.3 is 14.2 Å². The molecule has 0 spiro atoms. The van der Waals surface area contributed by atoms with Crippen molar-refractivity contribution >= 4 is 11.9 Å². The van der Waals surface area contributed by atoms with Gasteiger partial charge in [-0.2, -0.15) is 0 Å². The Kier molecular flexibility index (Phi) is 6.31. The van der Waals surface area contributed by atoms with Crippen LogP contribution in [-0.4, -0.2) is 30.1 Å². The predicted octanol–water partition coefficient (Wildman–Crippen LogP) is 3.27. The Bertz CT molecular complexity index is 697. The van der Waals surface area contributed by atoms with Gasteiger partial charge in [0.2, 0.25) is 0 Å². The number of esters is 2. The van der Waals surface area contributed by atoms with Crippen LogP contribution in [0.3, 0.4) is 0 Å². The van der Waals surface area contributed by atoms with Crippen LogP contribution in [0.1, 0.15) is 41.2 Å². The summed E-state index contributed by atoms with van der Waals surface area (Å²) in [7, 11) is 0. The molecule has 0 saturated carbocycles. The maximum absolute atomic E-state index is 12.1. The van der Waals surface area contributed by atoms with Gasteiger partial charge in [-0.3, -0.25) is 0 Å². The van der Waals surface area contributed by atoms with Crippen LogP contribution in [0.4, 0.5) is 0 Å². The summed E-state index contributed by atoms with van der Waals surface area (Å²) in [6.45, 7) is 4.59. The van der Waals surface area contributed by atoms with E-state index in [-0.39, 0.29) is 18.0 Å². The molecule has 0 bridgehead atoms. The molecule has 0 saturated heterocycles. The molecule has 2 rings (SSSR count). The van der Waals surface area contributed by atoms with Crippen LogP contribution in [0, 0.1) is 0 Å². The molecule has 0 aliphatic heterocycles. The Balaban J connectivity index is 2.04. The minimum atomic E-state index is -0.650. The first-order valence-corrected chi connectivity index (χ1v) is 7.73. The Labute approximate surface area is 140 Å². The minimum Gasteiger partial charge on any atom is -0.494 e. The standard InChI is InChI=1S/C18H19NO5/c1-3-12-23-13-8-10-14(11-9-13)24-18(21)16-7-5-6-15(19-16)17(20)22-4-2/h5-11H,3-4,12H2,1-2H3. The van der Waals surface area contributed by atoms with E-state index in [1.807, 2.05) is 6.92 Å². The average molecular weight is 329 g/mol. The van der Waals surface area contributed by atoms with Crippen LogP contribution >= 0.6 is 0 Å². The van der Waals surface area contributed by atoms with E-state index < -0.39 is 11.9 Å². The lowest BCUT2D eigenvalue weighted by Gasteiger charge is -2.07. The largest absolute Gasteiger partial charge is 0.494 e. The highest BCUT2D eigenvalue weighted by atomic mass is 16.5. The lowest BCUT2D eigenvalue weighted by molar-refractivity contribution is 0.0519.